The summed E-state index contributed by atoms with van der Waals surface area (Å²) < 4.78 is 5.05. The number of hydrogen-bond donors (Lipinski definition) is 3. The van der Waals surface area contributed by atoms with E-state index < -0.39 is 5.97 Å². The Morgan fingerprint density at radius 1 is 1.35 bits per heavy atom. The topological polar surface area (TPSA) is 103 Å². The van der Waals surface area contributed by atoms with E-state index in [9.17, 15) is 9.59 Å². The number of urea groups is 1. The van der Waals surface area contributed by atoms with Crippen molar-refractivity contribution in [1.82, 2.24) is 10.2 Å². The van der Waals surface area contributed by atoms with Crippen LogP contribution in [0, 0.1) is 5.92 Å². The zero-order chi connectivity index (χ0) is 14.5. The number of rotatable bonds is 4. The molecule has 2 rings (SSSR count). The quantitative estimate of drug-likeness (QED) is 0.761. The minimum atomic E-state index is -1.13. The first kappa shape index (κ1) is 14.4. The van der Waals surface area contributed by atoms with E-state index in [1.165, 1.54) is 12.1 Å². The summed E-state index contributed by atoms with van der Waals surface area (Å²) in [5, 5.41) is 20.4. The smallest absolute Gasteiger partial charge is 0.371 e. The normalized spacial score (nSPS) is 16.1. The van der Waals surface area contributed by atoms with Gasteiger partial charge in [0.2, 0.25) is 5.76 Å². The molecule has 0 aromatic carbocycles. The van der Waals surface area contributed by atoms with Crippen LogP contribution in [-0.2, 0) is 6.54 Å². The van der Waals surface area contributed by atoms with Crippen molar-refractivity contribution in [3.8, 4) is 0 Å². The lowest BCUT2D eigenvalue weighted by molar-refractivity contribution is 0.0660. The Bertz CT molecular complexity index is 477. The first-order valence-corrected chi connectivity index (χ1v) is 6.55. The maximum Gasteiger partial charge on any atom is 0.371 e. The number of carbonyl (C=O) groups is 2. The largest absolute Gasteiger partial charge is 0.475 e. The number of amides is 2. The lowest BCUT2D eigenvalue weighted by Crippen LogP contribution is -2.44. The van der Waals surface area contributed by atoms with Crippen LogP contribution in [0.15, 0.2) is 16.5 Å². The number of aliphatic hydroxyl groups excluding tert-OH is 1. The van der Waals surface area contributed by atoms with E-state index in [1.54, 1.807) is 4.90 Å². The molecule has 1 saturated heterocycles. The summed E-state index contributed by atoms with van der Waals surface area (Å²) in [4.78, 5) is 24.2. The number of piperidine rings is 1. The van der Waals surface area contributed by atoms with Crippen LogP contribution in [-0.4, -0.2) is 46.8 Å². The van der Waals surface area contributed by atoms with Gasteiger partial charge in [0.25, 0.3) is 0 Å². The van der Waals surface area contributed by atoms with Gasteiger partial charge in [-0.1, -0.05) is 0 Å². The fraction of sp³-hybridized carbons (Fsp3) is 0.538. The van der Waals surface area contributed by atoms with Crippen LogP contribution in [0.4, 0.5) is 4.79 Å². The van der Waals surface area contributed by atoms with E-state index in [0.717, 1.165) is 12.8 Å². The monoisotopic (exact) mass is 282 g/mol. The van der Waals surface area contributed by atoms with E-state index in [2.05, 4.69) is 5.32 Å². The van der Waals surface area contributed by atoms with Crippen LogP contribution in [0.1, 0.15) is 29.2 Å². The molecule has 2 heterocycles. The summed E-state index contributed by atoms with van der Waals surface area (Å²) >= 11 is 0. The third kappa shape index (κ3) is 3.51. The van der Waals surface area contributed by atoms with Crippen molar-refractivity contribution in [2.45, 2.75) is 19.4 Å². The van der Waals surface area contributed by atoms with Crippen molar-refractivity contribution in [3.05, 3.63) is 23.7 Å². The Hall–Kier alpha value is -2.02. The van der Waals surface area contributed by atoms with Crippen molar-refractivity contribution in [3.63, 3.8) is 0 Å². The summed E-state index contributed by atoms with van der Waals surface area (Å²) in [5.41, 5.74) is 0. The molecule has 1 aromatic heterocycles. The maximum absolute atomic E-state index is 11.9. The molecule has 1 fully saturated rings. The highest BCUT2D eigenvalue weighted by Crippen LogP contribution is 2.16. The summed E-state index contributed by atoms with van der Waals surface area (Å²) in [6.45, 7) is 1.57. The molecule has 1 aliphatic rings. The van der Waals surface area contributed by atoms with Crippen molar-refractivity contribution in [2.75, 3.05) is 19.7 Å². The molecule has 1 aliphatic heterocycles. The van der Waals surface area contributed by atoms with Gasteiger partial charge >= 0.3 is 12.0 Å². The molecule has 0 saturated carbocycles. The van der Waals surface area contributed by atoms with Gasteiger partial charge in [-0.05, 0) is 30.9 Å². The van der Waals surface area contributed by atoms with E-state index in [1.807, 2.05) is 0 Å². The highest BCUT2D eigenvalue weighted by atomic mass is 16.4. The summed E-state index contributed by atoms with van der Waals surface area (Å²) in [6, 6.07) is 2.69. The Kier molecular flexibility index (Phi) is 4.62. The van der Waals surface area contributed by atoms with Crippen molar-refractivity contribution >= 4 is 12.0 Å². The van der Waals surface area contributed by atoms with Crippen molar-refractivity contribution < 1.29 is 24.2 Å². The first-order chi connectivity index (χ1) is 9.60. The average molecular weight is 282 g/mol. The van der Waals surface area contributed by atoms with Crippen LogP contribution in [0.2, 0.25) is 0 Å². The van der Waals surface area contributed by atoms with Crippen LogP contribution in [0.3, 0.4) is 0 Å². The molecule has 110 valence electrons. The van der Waals surface area contributed by atoms with E-state index in [-0.39, 0.29) is 30.9 Å². The molecule has 7 nitrogen and oxygen atoms in total. The fourth-order valence-electron chi connectivity index (χ4n) is 2.18. The molecule has 0 unspecified atom stereocenters. The Morgan fingerprint density at radius 2 is 2.05 bits per heavy atom. The molecule has 0 spiro atoms. The minimum Gasteiger partial charge on any atom is -0.475 e. The van der Waals surface area contributed by atoms with E-state index >= 15 is 0 Å². The molecule has 0 bridgehead atoms. The van der Waals surface area contributed by atoms with Gasteiger partial charge in [0, 0.05) is 19.7 Å². The zero-order valence-electron chi connectivity index (χ0n) is 11.0. The Labute approximate surface area is 116 Å². The molecule has 0 aliphatic carbocycles. The van der Waals surface area contributed by atoms with Gasteiger partial charge in [-0.25, -0.2) is 9.59 Å². The second kappa shape index (κ2) is 6.42. The molecular formula is C13H18N2O5. The third-order valence-corrected chi connectivity index (χ3v) is 3.45. The number of hydrogen-bond acceptors (Lipinski definition) is 4. The Morgan fingerprint density at radius 3 is 2.60 bits per heavy atom. The number of carboxylic acids is 1. The first-order valence-electron chi connectivity index (χ1n) is 6.55. The molecule has 7 heteroatoms. The number of aromatic carboxylic acids is 1. The van der Waals surface area contributed by atoms with Crippen LogP contribution < -0.4 is 5.32 Å². The van der Waals surface area contributed by atoms with Gasteiger partial charge in [0.15, 0.2) is 0 Å². The third-order valence-electron chi connectivity index (χ3n) is 3.45. The van der Waals surface area contributed by atoms with Crippen LogP contribution in [0.25, 0.3) is 0 Å². The van der Waals surface area contributed by atoms with Gasteiger partial charge in [-0.3, -0.25) is 0 Å². The predicted octanol–water partition coefficient (Wildman–Crippen LogP) is 0.892. The summed E-state index contributed by atoms with van der Waals surface area (Å²) in [5.74, 6) is -0.588. The number of aliphatic hydroxyl groups is 1. The maximum atomic E-state index is 11.9. The highest BCUT2D eigenvalue weighted by Gasteiger charge is 2.22. The Balaban J connectivity index is 1.78. The predicted molar refractivity (Wildman–Crippen MR) is 69.3 cm³/mol. The number of furan rings is 1. The molecule has 20 heavy (non-hydrogen) atoms. The van der Waals surface area contributed by atoms with Gasteiger partial charge in [0.1, 0.15) is 5.76 Å². The van der Waals surface area contributed by atoms with Gasteiger partial charge in [0.05, 0.1) is 6.54 Å². The van der Waals surface area contributed by atoms with Gasteiger partial charge < -0.3 is 24.8 Å². The second-order valence-electron chi connectivity index (χ2n) is 4.84. The molecule has 1 aromatic rings. The van der Waals surface area contributed by atoms with E-state index in [0.29, 0.717) is 18.8 Å². The van der Waals surface area contributed by atoms with Gasteiger partial charge in [-0.15, -0.1) is 0 Å². The number of carboxylic acid groups (broad SMARTS) is 1. The highest BCUT2D eigenvalue weighted by molar-refractivity contribution is 5.84. The van der Waals surface area contributed by atoms with Crippen LogP contribution >= 0.6 is 0 Å². The van der Waals surface area contributed by atoms with E-state index in [4.69, 9.17) is 14.6 Å². The molecule has 2 amide bonds. The number of likely N-dealkylation sites (tertiary alicyclic amines) is 1. The lowest BCUT2D eigenvalue weighted by Gasteiger charge is -2.31. The molecule has 0 radical (unpaired) electrons. The zero-order valence-corrected chi connectivity index (χ0v) is 11.0. The second-order valence-corrected chi connectivity index (χ2v) is 4.84. The van der Waals surface area contributed by atoms with Crippen molar-refractivity contribution in [1.29, 1.82) is 0 Å². The molecule has 0 atom stereocenters. The number of nitrogens with zero attached hydrogens (tertiary/aromatic N) is 1. The molecule has 3 N–H and O–H groups in total. The van der Waals surface area contributed by atoms with Gasteiger partial charge in [-0.2, -0.15) is 0 Å². The standard InChI is InChI=1S/C13H18N2O5/c16-8-9-3-5-15(6-4-9)13(19)14-7-10-1-2-11(20-10)12(17)18/h1-2,9,16H,3-8H2,(H,14,19)(H,17,18). The SMILES string of the molecule is O=C(O)c1ccc(CNC(=O)N2CCC(CO)CC2)o1. The van der Waals surface area contributed by atoms with Crippen molar-refractivity contribution in [2.24, 2.45) is 5.92 Å². The summed E-state index contributed by atoms with van der Waals surface area (Å²) in [7, 11) is 0. The minimum absolute atomic E-state index is 0.141. The number of nitrogens with one attached hydrogen (secondary N) is 1. The fourth-order valence-corrected chi connectivity index (χ4v) is 2.18. The lowest BCUT2D eigenvalue weighted by atomic mass is 9.98. The summed E-state index contributed by atoms with van der Waals surface area (Å²) in [6.07, 6.45) is 1.60. The number of carbonyl (C=O) groups excluding carboxylic acids is 1. The molecular weight excluding hydrogens is 264 g/mol. The average Bonchev–Trinajstić information content (AvgIpc) is 2.94. The van der Waals surface area contributed by atoms with Crippen LogP contribution in [0.5, 0.6) is 0 Å².